The van der Waals surface area contributed by atoms with E-state index in [4.69, 9.17) is 0 Å². The number of ether oxygens (including phenoxy) is 1. The molecule has 0 fully saturated rings. The van der Waals surface area contributed by atoms with E-state index in [0.717, 1.165) is 0 Å². The van der Waals surface area contributed by atoms with E-state index in [1.807, 2.05) is 36.4 Å². The monoisotopic (exact) mass is 224 g/mol. The normalized spacial score (nSPS) is 4.71. The van der Waals surface area contributed by atoms with Crippen molar-refractivity contribution in [1.82, 2.24) is 0 Å². The summed E-state index contributed by atoms with van der Waals surface area (Å²) in [5.41, 5.74) is 0. The second-order valence-electron chi connectivity index (χ2n) is 1.56. The maximum atomic E-state index is 4.25. The highest BCUT2D eigenvalue weighted by Crippen LogP contribution is 1.79. The van der Waals surface area contributed by atoms with Gasteiger partial charge in [-0.1, -0.05) is 36.4 Å². The van der Waals surface area contributed by atoms with Crippen molar-refractivity contribution < 1.29 is 28.3 Å². The topological polar surface area (TPSA) is 9.23 Å². The number of hydrogen-bond donors (Lipinski definition) is 0. The van der Waals surface area contributed by atoms with Gasteiger partial charge in [-0.2, -0.15) is 0 Å². The average molecular weight is 224 g/mol. The molecule has 0 spiro atoms. The predicted molar refractivity (Wildman–Crippen MR) is 51.9 cm³/mol. The fraction of sp³-hybridized carbons (Fsp3) is 0.250. The van der Waals surface area contributed by atoms with Gasteiger partial charge in [0.15, 0.2) is 0 Å². The molecule has 14 heavy (non-hydrogen) atoms. The smallest absolute Gasteiger partial charge is 0.0351 e. The van der Waals surface area contributed by atoms with Crippen LogP contribution in [0.1, 0.15) is 0 Å². The summed E-state index contributed by atoms with van der Waals surface area (Å²) in [5.74, 6) is 0. The highest BCUT2D eigenvalue weighted by molar-refractivity contribution is 4.99. The van der Waals surface area contributed by atoms with Crippen molar-refractivity contribution in [3.05, 3.63) is 36.4 Å². The van der Waals surface area contributed by atoms with Gasteiger partial charge in [0.2, 0.25) is 0 Å². The Morgan fingerprint density at radius 1 is 0.500 bits per heavy atom. The Labute approximate surface area is 79.9 Å². The Kier molecular flexibility index (Phi) is 112. The largest absolute Gasteiger partial charge is 0.388 e. The van der Waals surface area contributed by atoms with Crippen LogP contribution in [0.5, 0.6) is 0 Å². The molecule has 0 aliphatic rings. The summed E-state index contributed by atoms with van der Waals surface area (Å²) in [5, 5.41) is 0. The van der Waals surface area contributed by atoms with Gasteiger partial charge in [0.05, 0.1) is 0 Å². The molecule has 0 atom stereocenters. The highest BCUT2D eigenvalue weighted by atomic mass is 19.0. The molecule has 0 heterocycles. The van der Waals surface area contributed by atoms with Crippen LogP contribution in [0.25, 0.3) is 0 Å². The minimum absolute atomic E-state index is 0. The van der Waals surface area contributed by atoms with Gasteiger partial charge in [0.25, 0.3) is 0 Å². The van der Waals surface area contributed by atoms with Crippen LogP contribution in [-0.4, -0.2) is 14.2 Å². The molecular formula is C8H17F5O. The number of methoxy groups -OCH3 is 1. The third-order valence-corrected chi connectivity index (χ3v) is 0.667. The van der Waals surface area contributed by atoms with E-state index in [2.05, 4.69) is 4.74 Å². The van der Waals surface area contributed by atoms with Crippen LogP contribution in [-0.2, 0) is 4.74 Å². The molecule has 1 aromatic carbocycles. The van der Waals surface area contributed by atoms with E-state index in [1.165, 1.54) is 0 Å². The van der Waals surface area contributed by atoms with Crippen LogP contribution >= 0.6 is 0 Å². The zero-order chi connectivity index (χ0) is 6.95. The Morgan fingerprint density at radius 2 is 0.571 bits per heavy atom. The highest BCUT2D eigenvalue weighted by Gasteiger charge is 1.57. The lowest BCUT2D eigenvalue weighted by Gasteiger charge is -1.69. The van der Waals surface area contributed by atoms with Gasteiger partial charge in [0, 0.05) is 14.2 Å². The quantitative estimate of drug-likeness (QED) is 0.616. The molecule has 1 rings (SSSR count). The van der Waals surface area contributed by atoms with Crippen LogP contribution < -0.4 is 0 Å². The molecule has 0 aliphatic carbocycles. The first-order valence-corrected chi connectivity index (χ1v) is 2.82. The first-order chi connectivity index (χ1) is 4.41. The summed E-state index contributed by atoms with van der Waals surface area (Å²) in [7, 11) is 3.25. The lowest BCUT2D eigenvalue weighted by molar-refractivity contribution is 0.277. The Balaban J connectivity index is -0.0000000186. The first kappa shape index (κ1) is 38.5. The second-order valence-corrected chi connectivity index (χ2v) is 1.56. The summed E-state index contributed by atoms with van der Waals surface area (Å²) in [6, 6.07) is 12.0. The van der Waals surface area contributed by atoms with E-state index < -0.39 is 0 Å². The number of benzene rings is 1. The van der Waals surface area contributed by atoms with E-state index in [0.29, 0.717) is 0 Å². The molecule has 0 bridgehead atoms. The molecule has 0 aromatic heterocycles. The molecule has 90 valence electrons. The van der Waals surface area contributed by atoms with Gasteiger partial charge in [0.1, 0.15) is 0 Å². The Morgan fingerprint density at radius 3 is 0.643 bits per heavy atom. The molecule has 0 saturated carbocycles. The molecule has 0 radical (unpaired) electrons. The van der Waals surface area contributed by atoms with Crippen LogP contribution in [0, 0.1) is 0 Å². The molecule has 1 aromatic rings. The number of halogens is 5. The van der Waals surface area contributed by atoms with Crippen LogP contribution in [0.15, 0.2) is 36.4 Å². The lowest BCUT2D eigenvalue weighted by atomic mass is 10.4. The van der Waals surface area contributed by atoms with Crippen LogP contribution in [0.4, 0.5) is 23.5 Å². The predicted octanol–water partition coefficient (Wildman–Crippen LogP) is 2.71. The van der Waals surface area contributed by atoms with E-state index in [9.17, 15) is 0 Å². The van der Waals surface area contributed by atoms with Crippen molar-refractivity contribution in [2.45, 2.75) is 0 Å². The van der Waals surface area contributed by atoms with Crippen molar-refractivity contribution in [2.75, 3.05) is 14.2 Å². The first-order valence-electron chi connectivity index (χ1n) is 2.82. The van der Waals surface area contributed by atoms with Crippen molar-refractivity contribution in [2.24, 2.45) is 0 Å². The summed E-state index contributed by atoms with van der Waals surface area (Å²) in [4.78, 5) is 0. The SMILES string of the molecule is COC.F.F.F.F.F.c1ccccc1. The second kappa shape index (κ2) is 40.8. The molecule has 1 nitrogen and oxygen atoms in total. The standard InChI is InChI=1S/C6H6.C2H6O.5FH/c1-2-4-6-5-3-1;1-3-2;;;;;/h1-6H;1-2H3;5*1H. The zero-order valence-electron chi connectivity index (χ0n) is 7.91. The van der Waals surface area contributed by atoms with Crippen LogP contribution in [0.2, 0.25) is 0 Å². The average Bonchev–Trinajstić information content (AvgIpc) is 1.93. The molecule has 0 amide bonds. The van der Waals surface area contributed by atoms with Crippen molar-refractivity contribution >= 4 is 0 Å². The van der Waals surface area contributed by atoms with Gasteiger partial charge in [-0.05, 0) is 0 Å². The molecular weight excluding hydrogens is 207 g/mol. The molecule has 6 heteroatoms. The summed E-state index contributed by atoms with van der Waals surface area (Å²) < 4.78 is 4.25. The van der Waals surface area contributed by atoms with Gasteiger partial charge in [-0.3, -0.25) is 23.5 Å². The minimum atomic E-state index is 0. The van der Waals surface area contributed by atoms with Gasteiger partial charge in [-0.15, -0.1) is 0 Å². The minimum Gasteiger partial charge on any atom is -0.388 e. The summed E-state index contributed by atoms with van der Waals surface area (Å²) in [6.07, 6.45) is 0. The van der Waals surface area contributed by atoms with Crippen molar-refractivity contribution in [3.8, 4) is 0 Å². The fourth-order valence-electron chi connectivity index (χ4n) is 0.385. The molecule has 0 N–H and O–H groups in total. The number of rotatable bonds is 0. The molecule has 0 unspecified atom stereocenters. The van der Waals surface area contributed by atoms with Crippen LogP contribution in [0.3, 0.4) is 0 Å². The maximum Gasteiger partial charge on any atom is 0.0351 e. The van der Waals surface area contributed by atoms with Crippen molar-refractivity contribution in [1.29, 1.82) is 0 Å². The van der Waals surface area contributed by atoms with E-state index in [1.54, 1.807) is 14.2 Å². The fourth-order valence-corrected chi connectivity index (χ4v) is 0.385. The maximum absolute atomic E-state index is 4.25. The summed E-state index contributed by atoms with van der Waals surface area (Å²) in [6.45, 7) is 0. The zero-order valence-corrected chi connectivity index (χ0v) is 7.91. The van der Waals surface area contributed by atoms with E-state index in [-0.39, 0.29) is 23.5 Å². The molecule has 0 aliphatic heterocycles. The number of hydrogen-bond acceptors (Lipinski definition) is 1. The third kappa shape index (κ3) is 44.9. The van der Waals surface area contributed by atoms with Gasteiger partial charge < -0.3 is 4.74 Å². The van der Waals surface area contributed by atoms with Crippen molar-refractivity contribution in [3.63, 3.8) is 0 Å². The molecule has 0 saturated heterocycles. The van der Waals surface area contributed by atoms with E-state index >= 15 is 0 Å². The summed E-state index contributed by atoms with van der Waals surface area (Å²) >= 11 is 0. The lowest BCUT2D eigenvalue weighted by Crippen LogP contribution is -1.55. The van der Waals surface area contributed by atoms with Gasteiger partial charge in [-0.25, -0.2) is 0 Å². The Hall–Kier alpha value is -1.17. The van der Waals surface area contributed by atoms with Gasteiger partial charge >= 0.3 is 0 Å². The third-order valence-electron chi connectivity index (χ3n) is 0.667. The Bertz CT molecular complexity index is 101.